The smallest absolute Gasteiger partial charge is 0.0929 e. The van der Waals surface area contributed by atoms with E-state index >= 15 is 0 Å². The summed E-state index contributed by atoms with van der Waals surface area (Å²) in [6.45, 7) is 2.02. The Morgan fingerprint density at radius 2 is 1.92 bits per heavy atom. The van der Waals surface area contributed by atoms with Gasteiger partial charge in [0.1, 0.15) is 0 Å². The third kappa shape index (κ3) is 1.11. The third-order valence-corrected chi connectivity index (χ3v) is 1.88. The third-order valence-electron chi connectivity index (χ3n) is 1.88. The Balaban J connectivity index is 2.51. The second kappa shape index (κ2) is 2.81. The lowest BCUT2D eigenvalue weighted by atomic mass is 10.1. The van der Waals surface area contributed by atoms with Gasteiger partial charge in [0.25, 0.3) is 0 Å². The van der Waals surface area contributed by atoms with E-state index < -0.39 is 0 Å². The van der Waals surface area contributed by atoms with Crippen LogP contribution in [0, 0.1) is 6.92 Å². The average molecular weight is 158 g/mol. The molecule has 2 nitrogen and oxygen atoms in total. The molecule has 0 saturated heterocycles. The quantitative estimate of drug-likeness (QED) is 0.678. The molecule has 0 amide bonds. The molecule has 2 heteroatoms. The first kappa shape index (κ1) is 7.10. The van der Waals surface area contributed by atoms with Gasteiger partial charge in [0.15, 0.2) is 0 Å². The number of aryl methyl sites for hydroxylation is 1. The number of H-pyrrole nitrogens is 1. The lowest BCUT2D eigenvalue weighted by molar-refractivity contribution is 1.25. The number of nitrogens with zero attached hydrogens (tertiary/aromatic N) is 1. The van der Waals surface area contributed by atoms with Gasteiger partial charge in [-0.2, -0.15) is 0 Å². The first-order valence-corrected chi connectivity index (χ1v) is 3.93. The standard InChI is InChI=1S/C10H10N2/c1-8-10(12-7-11-8)9-5-3-2-4-6-9/h2-7H,1H3,(H,11,12). The summed E-state index contributed by atoms with van der Waals surface area (Å²) in [6, 6.07) is 10.2. The van der Waals surface area contributed by atoms with E-state index in [-0.39, 0.29) is 0 Å². The SMILES string of the molecule is Cc1[nH]cnc1-c1ccccc1. The van der Waals surface area contributed by atoms with E-state index in [1.54, 1.807) is 6.33 Å². The van der Waals surface area contributed by atoms with Crippen LogP contribution in [0.1, 0.15) is 5.69 Å². The van der Waals surface area contributed by atoms with Gasteiger partial charge >= 0.3 is 0 Å². The molecule has 2 rings (SSSR count). The lowest BCUT2D eigenvalue weighted by Crippen LogP contribution is -1.79. The van der Waals surface area contributed by atoms with E-state index in [0.717, 1.165) is 17.0 Å². The molecule has 0 saturated carbocycles. The molecule has 0 spiro atoms. The Morgan fingerprint density at radius 3 is 2.50 bits per heavy atom. The van der Waals surface area contributed by atoms with Gasteiger partial charge in [0.05, 0.1) is 12.0 Å². The monoisotopic (exact) mass is 158 g/mol. The molecule has 60 valence electrons. The summed E-state index contributed by atoms with van der Waals surface area (Å²) in [6.07, 6.45) is 1.72. The van der Waals surface area contributed by atoms with Crippen LogP contribution in [-0.4, -0.2) is 9.97 Å². The van der Waals surface area contributed by atoms with Gasteiger partial charge in [-0.25, -0.2) is 4.98 Å². The number of aromatic nitrogens is 2. The van der Waals surface area contributed by atoms with Crippen LogP contribution in [0.3, 0.4) is 0 Å². The molecule has 1 heterocycles. The number of benzene rings is 1. The van der Waals surface area contributed by atoms with E-state index in [9.17, 15) is 0 Å². The second-order valence-electron chi connectivity index (χ2n) is 2.74. The van der Waals surface area contributed by atoms with E-state index in [2.05, 4.69) is 22.1 Å². The summed E-state index contributed by atoms with van der Waals surface area (Å²) < 4.78 is 0. The topological polar surface area (TPSA) is 28.7 Å². The van der Waals surface area contributed by atoms with Crippen molar-refractivity contribution < 1.29 is 0 Å². The van der Waals surface area contributed by atoms with Crippen molar-refractivity contribution in [2.45, 2.75) is 6.92 Å². The maximum absolute atomic E-state index is 4.23. The Morgan fingerprint density at radius 1 is 1.17 bits per heavy atom. The molecule has 0 radical (unpaired) electrons. The predicted molar refractivity (Wildman–Crippen MR) is 48.8 cm³/mol. The minimum Gasteiger partial charge on any atom is -0.348 e. The van der Waals surface area contributed by atoms with Gasteiger partial charge < -0.3 is 4.98 Å². The number of hydrogen-bond acceptors (Lipinski definition) is 1. The molecule has 0 bridgehead atoms. The summed E-state index contributed by atoms with van der Waals surface area (Å²) in [5.41, 5.74) is 3.31. The molecule has 2 aromatic rings. The van der Waals surface area contributed by atoms with Gasteiger partial charge in [-0.1, -0.05) is 30.3 Å². The molecule has 0 aliphatic heterocycles. The van der Waals surface area contributed by atoms with Crippen LogP contribution in [-0.2, 0) is 0 Å². The van der Waals surface area contributed by atoms with Gasteiger partial charge in [0.2, 0.25) is 0 Å². The summed E-state index contributed by atoms with van der Waals surface area (Å²) in [4.78, 5) is 7.29. The highest BCUT2D eigenvalue weighted by Crippen LogP contribution is 2.18. The first-order chi connectivity index (χ1) is 5.88. The van der Waals surface area contributed by atoms with Crippen LogP contribution in [0.2, 0.25) is 0 Å². The Labute approximate surface area is 71.3 Å². The largest absolute Gasteiger partial charge is 0.348 e. The highest BCUT2D eigenvalue weighted by molar-refractivity contribution is 5.60. The molecule has 0 unspecified atom stereocenters. The van der Waals surface area contributed by atoms with Gasteiger partial charge in [-0.15, -0.1) is 0 Å². The minimum atomic E-state index is 1.04. The van der Waals surface area contributed by atoms with Crippen LogP contribution >= 0.6 is 0 Å². The van der Waals surface area contributed by atoms with E-state index in [1.165, 1.54) is 0 Å². The number of aromatic amines is 1. The van der Waals surface area contributed by atoms with Crippen molar-refractivity contribution in [1.82, 2.24) is 9.97 Å². The van der Waals surface area contributed by atoms with Crippen LogP contribution in [0.15, 0.2) is 36.7 Å². The van der Waals surface area contributed by atoms with E-state index in [4.69, 9.17) is 0 Å². The normalized spacial score (nSPS) is 10.1. The van der Waals surface area contributed by atoms with Gasteiger partial charge in [0, 0.05) is 11.3 Å². The summed E-state index contributed by atoms with van der Waals surface area (Å²) in [7, 11) is 0. The van der Waals surface area contributed by atoms with Crippen LogP contribution in [0.4, 0.5) is 0 Å². The molecule has 0 atom stereocenters. The van der Waals surface area contributed by atoms with Crippen LogP contribution < -0.4 is 0 Å². The predicted octanol–water partition coefficient (Wildman–Crippen LogP) is 2.39. The summed E-state index contributed by atoms with van der Waals surface area (Å²) in [5, 5.41) is 0. The fourth-order valence-corrected chi connectivity index (χ4v) is 1.25. The fourth-order valence-electron chi connectivity index (χ4n) is 1.25. The number of rotatable bonds is 1. The maximum atomic E-state index is 4.23. The highest BCUT2D eigenvalue weighted by Gasteiger charge is 2.01. The van der Waals surface area contributed by atoms with Crippen molar-refractivity contribution in [3.8, 4) is 11.3 Å². The molecule has 1 aromatic carbocycles. The number of imidazole rings is 1. The second-order valence-corrected chi connectivity index (χ2v) is 2.74. The zero-order chi connectivity index (χ0) is 8.39. The highest BCUT2D eigenvalue weighted by atomic mass is 14.9. The molecule has 1 aromatic heterocycles. The minimum absolute atomic E-state index is 1.04. The van der Waals surface area contributed by atoms with Gasteiger partial charge in [-0.05, 0) is 6.92 Å². The molecular weight excluding hydrogens is 148 g/mol. The van der Waals surface area contributed by atoms with Crippen molar-refractivity contribution in [2.75, 3.05) is 0 Å². The van der Waals surface area contributed by atoms with Crippen LogP contribution in [0.5, 0.6) is 0 Å². The summed E-state index contributed by atoms with van der Waals surface area (Å²) >= 11 is 0. The molecule has 0 aliphatic rings. The van der Waals surface area contributed by atoms with Crippen LogP contribution in [0.25, 0.3) is 11.3 Å². The maximum Gasteiger partial charge on any atom is 0.0929 e. The lowest BCUT2D eigenvalue weighted by Gasteiger charge is -1.96. The van der Waals surface area contributed by atoms with Crippen molar-refractivity contribution in [3.05, 3.63) is 42.4 Å². The number of hydrogen-bond donors (Lipinski definition) is 1. The Bertz CT molecular complexity index is 362. The Hall–Kier alpha value is -1.57. The summed E-state index contributed by atoms with van der Waals surface area (Å²) in [5.74, 6) is 0. The number of nitrogens with one attached hydrogen (secondary N) is 1. The van der Waals surface area contributed by atoms with Crippen molar-refractivity contribution in [3.63, 3.8) is 0 Å². The average Bonchev–Trinajstić information content (AvgIpc) is 2.53. The van der Waals surface area contributed by atoms with Crippen molar-refractivity contribution in [1.29, 1.82) is 0 Å². The first-order valence-electron chi connectivity index (χ1n) is 3.93. The molecule has 12 heavy (non-hydrogen) atoms. The van der Waals surface area contributed by atoms with Gasteiger partial charge in [-0.3, -0.25) is 0 Å². The molecule has 0 fully saturated rings. The zero-order valence-corrected chi connectivity index (χ0v) is 6.91. The van der Waals surface area contributed by atoms with E-state index in [0.29, 0.717) is 0 Å². The molecule has 1 N–H and O–H groups in total. The molecule has 0 aliphatic carbocycles. The Kier molecular flexibility index (Phi) is 1.67. The van der Waals surface area contributed by atoms with Crippen molar-refractivity contribution in [2.24, 2.45) is 0 Å². The van der Waals surface area contributed by atoms with Crippen molar-refractivity contribution >= 4 is 0 Å². The fraction of sp³-hybridized carbons (Fsp3) is 0.100. The zero-order valence-electron chi connectivity index (χ0n) is 6.91. The van der Waals surface area contributed by atoms with E-state index in [1.807, 2.05) is 25.1 Å². The molecular formula is C10H10N2.